The maximum Gasteiger partial charge on any atom is 0.132 e. The van der Waals surface area contributed by atoms with Crippen LogP contribution in [0.5, 0.6) is 11.5 Å². The lowest BCUT2D eigenvalue weighted by Gasteiger charge is -2.40. The molecule has 2 heterocycles. The Kier molecular flexibility index (Phi) is 9.14. The number of hydrogen-bond acceptors (Lipinski definition) is 3. The predicted octanol–water partition coefficient (Wildman–Crippen LogP) is 18.9. The molecule has 2 aliphatic carbocycles. The molecule has 0 amide bonds. The van der Waals surface area contributed by atoms with Gasteiger partial charge in [-0.2, -0.15) is 0 Å². The van der Waals surface area contributed by atoms with E-state index in [1.54, 1.807) is 0 Å². The number of fused-ring (bicyclic) bond motifs is 19. The summed E-state index contributed by atoms with van der Waals surface area (Å²) >= 11 is 1.89. The highest BCUT2D eigenvalue weighted by Crippen LogP contribution is 2.67. The van der Waals surface area contributed by atoms with Gasteiger partial charge in [0.2, 0.25) is 0 Å². The van der Waals surface area contributed by atoms with Crippen molar-refractivity contribution in [3.8, 4) is 56.0 Å². The molecule has 0 aromatic heterocycles. The SMILES string of the molecule is c1ccc(-c2ccc(-c3ccc(N(c4ccc5c(c4)C4(c6ccccc6Oc6ccccc64)c4ccccc4-5)c4c5c(cc6ccccc46)C4(c6ccccc6Sc6ccccc64)c4ccccc4-5)cc3)cc2)cc1. The second kappa shape index (κ2) is 16.2. The zero-order valence-electron chi connectivity index (χ0n) is 40.7. The summed E-state index contributed by atoms with van der Waals surface area (Å²) in [5, 5.41) is 2.39. The lowest BCUT2D eigenvalue weighted by atomic mass is 9.66. The molecule has 0 saturated carbocycles. The van der Waals surface area contributed by atoms with Crippen LogP contribution >= 0.6 is 11.8 Å². The van der Waals surface area contributed by atoms with E-state index in [9.17, 15) is 0 Å². The van der Waals surface area contributed by atoms with Gasteiger partial charge in [0, 0.05) is 43.2 Å². The van der Waals surface area contributed by atoms with Gasteiger partial charge in [-0.25, -0.2) is 0 Å². The fourth-order valence-electron chi connectivity index (χ4n) is 13.6. The third kappa shape index (κ3) is 5.87. The van der Waals surface area contributed by atoms with Crippen LogP contribution in [-0.4, -0.2) is 0 Å². The lowest BCUT2D eigenvalue weighted by Crippen LogP contribution is -2.32. The molecule has 0 fully saturated rings. The first-order chi connectivity index (χ1) is 37.2. The van der Waals surface area contributed by atoms with E-state index in [0.29, 0.717) is 0 Å². The van der Waals surface area contributed by atoms with E-state index >= 15 is 0 Å². The Morgan fingerprint density at radius 1 is 0.307 bits per heavy atom. The fraction of sp³-hybridized carbons (Fsp3) is 0.0278. The van der Waals surface area contributed by atoms with Crippen molar-refractivity contribution < 1.29 is 4.74 Å². The fourth-order valence-corrected chi connectivity index (χ4v) is 14.7. The highest BCUT2D eigenvalue weighted by Gasteiger charge is 2.53. The molecule has 350 valence electrons. The molecule has 0 atom stereocenters. The minimum absolute atomic E-state index is 0.566. The lowest BCUT2D eigenvalue weighted by molar-refractivity contribution is 0.436. The topological polar surface area (TPSA) is 12.5 Å². The third-order valence-electron chi connectivity index (χ3n) is 16.6. The van der Waals surface area contributed by atoms with Crippen LogP contribution in [0.1, 0.15) is 44.5 Å². The van der Waals surface area contributed by atoms with Gasteiger partial charge in [0.1, 0.15) is 11.5 Å². The normalized spacial score (nSPS) is 14.1. The Bertz CT molecular complexity index is 4220. The van der Waals surface area contributed by atoms with Crippen LogP contribution in [0, 0.1) is 0 Å². The molecule has 12 aromatic rings. The van der Waals surface area contributed by atoms with E-state index in [1.807, 2.05) is 11.8 Å². The van der Waals surface area contributed by atoms with Crippen molar-refractivity contribution in [3.05, 3.63) is 317 Å². The first kappa shape index (κ1) is 42.4. The Morgan fingerprint density at radius 2 is 0.760 bits per heavy atom. The van der Waals surface area contributed by atoms with E-state index in [1.165, 1.54) is 92.9 Å². The Morgan fingerprint density at radius 3 is 1.41 bits per heavy atom. The van der Waals surface area contributed by atoms with E-state index in [0.717, 1.165) is 45.3 Å². The number of ether oxygens (including phenoxy) is 1. The monoisotopic (exact) mass is 971 g/mol. The van der Waals surface area contributed by atoms with Gasteiger partial charge < -0.3 is 9.64 Å². The molecule has 0 saturated heterocycles. The number of anilines is 3. The van der Waals surface area contributed by atoms with Crippen LogP contribution in [0.4, 0.5) is 17.1 Å². The van der Waals surface area contributed by atoms with Crippen molar-refractivity contribution in [1.29, 1.82) is 0 Å². The Hall–Kier alpha value is -9.15. The van der Waals surface area contributed by atoms with Crippen LogP contribution in [0.3, 0.4) is 0 Å². The van der Waals surface area contributed by atoms with Crippen molar-refractivity contribution in [2.75, 3.05) is 4.90 Å². The molecule has 0 unspecified atom stereocenters. The molecular weight excluding hydrogens is 927 g/mol. The first-order valence-corrected chi connectivity index (χ1v) is 26.7. The van der Waals surface area contributed by atoms with Gasteiger partial charge in [-0.05, 0) is 132 Å². The number of nitrogens with zero attached hydrogens (tertiary/aromatic N) is 1. The molecular formula is C72H45NOS. The molecule has 2 spiro atoms. The first-order valence-electron chi connectivity index (χ1n) is 25.9. The maximum absolute atomic E-state index is 6.81. The molecule has 2 nitrogen and oxygen atoms in total. The van der Waals surface area contributed by atoms with Gasteiger partial charge in [0.25, 0.3) is 0 Å². The summed E-state index contributed by atoms with van der Waals surface area (Å²) in [5.74, 6) is 1.77. The summed E-state index contributed by atoms with van der Waals surface area (Å²) in [4.78, 5) is 5.17. The molecule has 0 N–H and O–H groups in total. The van der Waals surface area contributed by atoms with Crippen LogP contribution in [0.25, 0.3) is 55.3 Å². The van der Waals surface area contributed by atoms with Gasteiger partial charge in [-0.1, -0.05) is 230 Å². The number of benzene rings is 12. The van der Waals surface area contributed by atoms with Gasteiger partial charge in [-0.15, -0.1) is 0 Å². The zero-order valence-corrected chi connectivity index (χ0v) is 41.6. The quantitative estimate of drug-likeness (QED) is 0.171. The maximum atomic E-state index is 6.81. The molecule has 0 bridgehead atoms. The van der Waals surface area contributed by atoms with Gasteiger partial charge in [0.05, 0.1) is 16.5 Å². The van der Waals surface area contributed by atoms with Gasteiger partial charge in [0.15, 0.2) is 0 Å². The van der Waals surface area contributed by atoms with Crippen LogP contribution in [-0.2, 0) is 10.8 Å². The summed E-state index contributed by atoms with van der Waals surface area (Å²) in [6.45, 7) is 0. The molecule has 2 aliphatic heterocycles. The molecule has 12 aromatic carbocycles. The Balaban J connectivity index is 0.994. The molecule has 4 aliphatic rings. The van der Waals surface area contributed by atoms with Gasteiger partial charge in [-0.3, -0.25) is 0 Å². The van der Waals surface area contributed by atoms with E-state index in [-0.39, 0.29) is 0 Å². The van der Waals surface area contributed by atoms with Crippen molar-refractivity contribution in [2.45, 2.75) is 20.6 Å². The largest absolute Gasteiger partial charge is 0.457 e. The predicted molar refractivity (Wildman–Crippen MR) is 308 cm³/mol. The minimum atomic E-state index is -0.640. The average molecular weight is 972 g/mol. The summed E-state index contributed by atoms with van der Waals surface area (Å²) in [6.07, 6.45) is 0. The smallest absolute Gasteiger partial charge is 0.132 e. The average Bonchev–Trinajstić information content (AvgIpc) is 3.93. The van der Waals surface area contributed by atoms with Crippen molar-refractivity contribution >= 4 is 39.6 Å². The molecule has 75 heavy (non-hydrogen) atoms. The van der Waals surface area contributed by atoms with Crippen LogP contribution < -0.4 is 9.64 Å². The zero-order chi connectivity index (χ0) is 49.2. The number of hydrogen-bond donors (Lipinski definition) is 0. The Labute approximate surface area is 440 Å². The van der Waals surface area contributed by atoms with Crippen LogP contribution in [0.2, 0.25) is 0 Å². The molecule has 16 rings (SSSR count). The minimum Gasteiger partial charge on any atom is -0.457 e. The summed E-state index contributed by atoms with van der Waals surface area (Å²) in [6, 6.07) is 102. The van der Waals surface area contributed by atoms with E-state index in [4.69, 9.17) is 4.74 Å². The third-order valence-corrected chi connectivity index (χ3v) is 17.7. The van der Waals surface area contributed by atoms with Crippen molar-refractivity contribution in [2.24, 2.45) is 0 Å². The second-order valence-corrected chi connectivity index (χ2v) is 21.3. The molecule has 0 radical (unpaired) electrons. The van der Waals surface area contributed by atoms with Gasteiger partial charge >= 0.3 is 0 Å². The number of rotatable bonds is 5. The second-order valence-electron chi connectivity index (χ2n) is 20.2. The highest BCUT2D eigenvalue weighted by atomic mass is 32.2. The summed E-state index contributed by atoms with van der Waals surface area (Å²) < 4.78 is 6.81. The molecule has 3 heteroatoms. The summed E-state index contributed by atoms with van der Waals surface area (Å²) in [7, 11) is 0. The van der Waals surface area contributed by atoms with Crippen LogP contribution in [0.15, 0.2) is 283 Å². The summed E-state index contributed by atoms with van der Waals surface area (Å²) in [5.41, 5.74) is 21.9. The number of para-hydroxylation sites is 2. The van der Waals surface area contributed by atoms with E-state index in [2.05, 4.69) is 278 Å². The van der Waals surface area contributed by atoms with Crippen molar-refractivity contribution in [3.63, 3.8) is 0 Å². The van der Waals surface area contributed by atoms with Crippen molar-refractivity contribution in [1.82, 2.24) is 0 Å². The highest BCUT2D eigenvalue weighted by molar-refractivity contribution is 7.99. The van der Waals surface area contributed by atoms with E-state index < -0.39 is 10.8 Å². The standard InChI is InChI=1S/C72H45NOS/c1-2-18-46(19-3-1)47-34-36-48(37-35-47)49-38-40-51(41-39-49)73(52-42-43-55-54-22-6-8-24-57(54)71(63(55)45-52)59-26-10-14-30-65(59)74-66-31-15-11-27-60(66)71)70-53-21-5-4-20-50(53)44-64-69(70)56-23-7-9-25-58(56)72(64)61-28-12-16-32-67(61)75-68-33-17-13-29-62(68)72/h1-45H.